The molecule has 1 aromatic heterocycles. The van der Waals surface area contributed by atoms with Gasteiger partial charge in [0.2, 0.25) is 0 Å². The predicted octanol–water partition coefficient (Wildman–Crippen LogP) is 7.87. The van der Waals surface area contributed by atoms with Crippen molar-refractivity contribution in [3.8, 4) is 16.9 Å². The Morgan fingerprint density at radius 1 is 0.978 bits per heavy atom. The molecule has 0 aliphatic heterocycles. The summed E-state index contributed by atoms with van der Waals surface area (Å²) in [5.74, 6) is -1.42. The summed E-state index contributed by atoms with van der Waals surface area (Å²) in [6.07, 6.45) is 0.998. The Kier molecular flexibility index (Phi) is 9.90. The fourth-order valence-electron chi connectivity index (χ4n) is 5.93. The maximum absolute atomic E-state index is 14.7. The van der Waals surface area contributed by atoms with Gasteiger partial charge in [-0.15, -0.1) is 11.3 Å². The minimum absolute atomic E-state index is 0.00767. The zero-order chi connectivity index (χ0) is 33.3. The Balaban J connectivity index is 1.53. The molecule has 4 aromatic rings. The lowest BCUT2D eigenvalue weighted by Gasteiger charge is -2.39. The van der Waals surface area contributed by atoms with Crippen molar-refractivity contribution < 1.29 is 36.6 Å². The lowest BCUT2D eigenvalue weighted by molar-refractivity contribution is 0.0555. The molecule has 0 unspecified atom stereocenters. The van der Waals surface area contributed by atoms with Crippen LogP contribution in [0, 0.1) is 11.6 Å². The molecule has 46 heavy (non-hydrogen) atoms. The number of hydrogen-bond donors (Lipinski definition) is 1. The molecule has 2 amide bonds. The largest absolute Gasteiger partial charge is 0.496 e. The van der Waals surface area contributed by atoms with E-state index in [0.29, 0.717) is 37.0 Å². The van der Waals surface area contributed by atoms with Crippen LogP contribution in [0.1, 0.15) is 47.8 Å². The summed E-state index contributed by atoms with van der Waals surface area (Å²) in [6.45, 7) is 1.65. The summed E-state index contributed by atoms with van der Waals surface area (Å²) in [5.41, 5.74) is 2.17. The van der Waals surface area contributed by atoms with Crippen LogP contribution in [-0.4, -0.2) is 67.3 Å². The second-order valence-electron chi connectivity index (χ2n) is 11.2. The molecule has 8 nitrogen and oxygen atoms in total. The van der Waals surface area contributed by atoms with E-state index < -0.39 is 33.5 Å². The average Bonchev–Trinajstić information content (AvgIpc) is 3.42. The van der Waals surface area contributed by atoms with Crippen molar-refractivity contribution in [3.63, 3.8) is 0 Å². The fraction of sp³-hybridized carbons (Fsp3) is 0.333. The van der Waals surface area contributed by atoms with Gasteiger partial charge in [0.05, 0.1) is 32.9 Å². The smallest absolute Gasteiger partial charge is 0.407 e. The molecule has 5 rings (SSSR count). The van der Waals surface area contributed by atoms with Crippen LogP contribution in [-0.2, 0) is 16.4 Å². The van der Waals surface area contributed by atoms with Gasteiger partial charge in [-0.3, -0.25) is 4.79 Å². The van der Waals surface area contributed by atoms with Gasteiger partial charge in [0.15, 0.2) is 9.84 Å². The molecule has 0 atom stereocenters. The van der Waals surface area contributed by atoms with E-state index in [2.05, 4.69) is 0 Å². The third kappa shape index (κ3) is 6.56. The van der Waals surface area contributed by atoms with Crippen LogP contribution < -0.4 is 4.74 Å². The number of benzene rings is 3. The number of ether oxygens (including phenoxy) is 1. The number of amides is 2. The molecule has 1 aliphatic rings. The highest BCUT2D eigenvalue weighted by Gasteiger charge is 2.35. The second kappa shape index (κ2) is 13.5. The highest BCUT2D eigenvalue weighted by atomic mass is 35.5. The Hall–Kier alpha value is -3.74. The normalized spacial score (nSPS) is 16.7. The van der Waals surface area contributed by atoms with E-state index in [9.17, 15) is 31.9 Å². The molecule has 1 N–H and O–H groups in total. The summed E-state index contributed by atoms with van der Waals surface area (Å²) >= 11 is 7.35. The number of carboxylic acid groups (broad SMARTS) is 1. The maximum atomic E-state index is 14.7. The Morgan fingerprint density at radius 3 is 2.17 bits per heavy atom. The van der Waals surface area contributed by atoms with Crippen molar-refractivity contribution in [1.82, 2.24) is 9.80 Å². The van der Waals surface area contributed by atoms with Crippen molar-refractivity contribution in [2.45, 2.75) is 56.1 Å². The minimum atomic E-state index is -3.37. The summed E-state index contributed by atoms with van der Waals surface area (Å²) in [4.78, 5) is 29.0. The van der Waals surface area contributed by atoms with E-state index in [1.807, 2.05) is 12.1 Å². The first-order valence-corrected chi connectivity index (χ1v) is 17.5. The lowest BCUT2D eigenvalue weighted by Crippen LogP contribution is -2.46. The number of methoxy groups -OCH3 is 1. The van der Waals surface area contributed by atoms with Gasteiger partial charge in [0.1, 0.15) is 22.3 Å². The quantitative estimate of drug-likeness (QED) is 0.192. The molecular formula is C33H33ClF2N2O6S2. The molecule has 1 aliphatic carbocycles. The van der Waals surface area contributed by atoms with E-state index in [1.54, 1.807) is 42.2 Å². The van der Waals surface area contributed by atoms with E-state index in [1.165, 1.54) is 19.1 Å². The molecular weight excluding hydrogens is 658 g/mol. The van der Waals surface area contributed by atoms with Gasteiger partial charge in [-0.25, -0.2) is 22.0 Å². The molecule has 0 bridgehead atoms. The molecule has 244 valence electrons. The van der Waals surface area contributed by atoms with Crippen molar-refractivity contribution in [2.75, 3.05) is 19.9 Å². The molecule has 13 heteroatoms. The third-order valence-electron chi connectivity index (χ3n) is 8.64. The number of nitrogens with zero attached hydrogens (tertiary/aromatic N) is 2. The van der Waals surface area contributed by atoms with Crippen molar-refractivity contribution in [1.29, 1.82) is 0 Å². The van der Waals surface area contributed by atoms with Crippen molar-refractivity contribution >= 4 is 54.9 Å². The van der Waals surface area contributed by atoms with Crippen LogP contribution in [0.25, 0.3) is 21.2 Å². The first-order chi connectivity index (χ1) is 21.9. The van der Waals surface area contributed by atoms with Gasteiger partial charge in [-0.05, 0) is 73.2 Å². The van der Waals surface area contributed by atoms with Crippen LogP contribution in [0.15, 0.2) is 59.5 Å². The fourth-order valence-corrected chi connectivity index (χ4v) is 8.32. The summed E-state index contributed by atoms with van der Waals surface area (Å²) in [6, 6.07) is 13.4. The standard InChI is InChI=1S/C33H33ClF2N2O6S2/c1-4-46(42,43)24-12-5-19(6-13-24)20-7-16-27(44-3)21(17-20)18-38(23-10-8-22(9-11-23)37(2)33(40)41)32(39)31-29(34)28-25(35)14-15-26(36)30(28)45-31/h5-7,12-17,22-23H,4,8-11,18H2,1-3H3,(H,40,41). The molecule has 1 saturated carbocycles. The monoisotopic (exact) mass is 690 g/mol. The van der Waals surface area contributed by atoms with Gasteiger partial charge in [0.25, 0.3) is 5.91 Å². The van der Waals surface area contributed by atoms with Crippen molar-refractivity contribution in [3.05, 3.63) is 81.7 Å². The van der Waals surface area contributed by atoms with Gasteiger partial charge in [-0.1, -0.05) is 36.7 Å². The van der Waals surface area contributed by atoms with Gasteiger partial charge < -0.3 is 19.6 Å². The SMILES string of the molecule is CCS(=O)(=O)c1ccc(-c2ccc(OC)c(CN(C(=O)c3sc4c(F)ccc(F)c4c3Cl)C3CCC(N(C)C(=O)O)CC3)c2)cc1. The van der Waals surface area contributed by atoms with Crippen LogP contribution in [0.3, 0.4) is 0 Å². The van der Waals surface area contributed by atoms with Crippen LogP contribution in [0.5, 0.6) is 5.75 Å². The number of sulfone groups is 1. The van der Waals surface area contributed by atoms with Crippen molar-refractivity contribution in [2.24, 2.45) is 0 Å². The maximum Gasteiger partial charge on any atom is 0.407 e. The summed E-state index contributed by atoms with van der Waals surface area (Å²) in [7, 11) is -0.335. The predicted molar refractivity (Wildman–Crippen MR) is 175 cm³/mol. The highest BCUT2D eigenvalue weighted by molar-refractivity contribution is 7.91. The Morgan fingerprint density at radius 2 is 1.59 bits per heavy atom. The van der Waals surface area contributed by atoms with E-state index in [-0.39, 0.29) is 49.3 Å². The number of rotatable bonds is 9. The molecule has 0 saturated heterocycles. The molecule has 3 aromatic carbocycles. The first kappa shape index (κ1) is 33.6. The summed E-state index contributed by atoms with van der Waals surface area (Å²) in [5, 5.41) is 9.17. The highest BCUT2D eigenvalue weighted by Crippen LogP contribution is 2.41. The van der Waals surface area contributed by atoms with E-state index in [0.717, 1.165) is 34.6 Å². The topological polar surface area (TPSA) is 104 Å². The number of thiophene rings is 1. The molecule has 1 heterocycles. The van der Waals surface area contributed by atoms with Crippen LogP contribution in [0.2, 0.25) is 5.02 Å². The number of halogens is 3. The van der Waals surface area contributed by atoms with Gasteiger partial charge in [-0.2, -0.15) is 0 Å². The lowest BCUT2D eigenvalue weighted by atomic mass is 9.89. The number of carbonyl (C=O) groups excluding carboxylic acids is 1. The summed E-state index contributed by atoms with van der Waals surface area (Å²) < 4.78 is 59.6. The number of fused-ring (bicyclic) bond motifs is 1. The number of hydrogen-bond acceptors (Lipinski definition) is 6. The van der Waals surface area contributed by atoms with Crippen LogP contribution >= 0.6 is 22.9 Å². The zero-order valence-corrected chi connectivity index (χ0v) is 27.8. The Labute approximate surface area is 275 Å². The second-order valence-corrected chi connectivity index (χ2v) is 14.9. The Bertz CT molecular complexity index is 1890. The molecule has 0 radical (unpaired) electrons. The van der Waals surface area contributed by atoms with E-state index in [4.69, 9.17) is 16.3 Å². The average molecular weight is 691 g/mol. The first-order valence-electron chi connectivity index (χ1n) is 14.7. The van der Waals surface area contributed by atoms with Gasteiger partial charge in [0, 0.05) is 31.2 Å². The van der Waals surface area contributed by atoms with Gasteiger partial charge >= 0.3 is 6.09 Å². The molecule has 0 spiro atoms. The third-order valence-corrected chi connectivity index (χ3v) is 12.1. The van der Waals surface area contributed by atoms with Crippen LogP contribution in [0.4, 0.5) is 13.6 Å². The zero-order valence-electron chi connectivity index (χ0n) is 25.4. The molecule has 1 fully saturated rings. The number of carbonyl (C=O) groups is 2. The minimum Gasteiger partial charge on any atom is -0.496 e. The van der Waals surface area contributed by atoms with E-state index >= 15 is 0 Å².